The lowest BCUT2D eigenvalue weighted by atomic mass is 9.86. The van der Waals surface area contributed by atoms with Crippen molar-refractivity contribution in [1.29, 1.82) is 0 Å². The summed E-state index contributed by atoms with van der Waals surface area (Å²) in [4.78, 5) is 16.4. The van der Waals surface area contributed by atoms with Crippen LogP contribution in [0.2, 0.25) is 0 Å². The molecule has 1 saturated heterocycles. The smallest absolute Gasteiger partial charge is 0.253 e. The number of carbonyl (C=O) groups excluding carboxylic acids is 1. The first-order valence-electron chi connectivity index (χ1n) is 7.54. The van der Waals surface area contributed by atoms with E-state index in [1.54, 1.807) is 0 Å². The van der Waals surface area contributed by atoms with Gasteiger partial charge in [-0.2, -0.15) is 0 Å². The van der Waals surface area contributed by atoms with Crippen molar-refractivity contribution in [3.05, 3.63) is 35.4 Å². The van der Waals surface area contributed by atoms with Gasteiger partial charge >= 0.3 is 0 Å². The van der Waals surface area contributed by atoms with Crippen molar-refractivity contribution in [2.45, 2.75) is 26.2 Å². The molecule has 0 unspecified atom stereocenters. The van der Waals surface area contributed by atoms with Gasteiger partial charge in [-0.25, -0.2) is 0 Å². The normalized spacial score (nSPS) is 18.3. The largest absolute Gasteiger partial charge is 0.336 e. The minimum Gasteiger partial charge on any atom is -0.336 e. The van der Waals surface area contributed by atoms with Crippen LogP contribution in [0, 0.1) is 0 Å². The van der Waals surface area contributed by atoms with Gasteiger partial charge in [0.15, 0.2) is 0 Å². The Morgan fingerprint density at radius 3 is 2.16 bits per heavy atom. The molecule has 0 bridgehead atoms. The van der Waals surface area contributed by atoms with Crippen molar-refractivity contribution >= 4 is 5.91 Å². The van der Waals surface area contributed by atoms with Crippen LogP contribution in [0.1, 0.15) is 38.1 Å². The van der Waals surface area contributed by atoms with Crippen LogP contribution in [-0.4, -0.2) is 48.9 Å². The van der Waals surface area contributed by atoms with Crippen LogP contribution in [0.15, 0.2) is 24.3 Å². The minimum atomic E-state index is 0.107. The van der Waals surface area contributed by atoms with Gasteiger partial charge in [0, 0.05) is 33.1 Å². The van der Waals surface area contributed by atoms with Gasteiger partial charge in [0.1, 0.15) is 0 Å². The number of rotatable bonds is 1. The molecule has 1 fully saturated rings. The summed E-state index contributed by atoms with van der Waals surface area (Å²) in [6, 6.07) is 7.96. The van der Waals surface area contributed by atoms with E-state index in [0.29, 0.717) is 7.02 Å². The first-order valence-corrected chi connectivity index (χ1v) is 6.83. The molecule has 0 aliphatic carbocycles. The van der Waals surface area contributed by atoms with E-state index in [1.165, 1.54) is 5.56 Å². The average molecular weight is 262 g/mol. The molecule has 104 valence electrons. The van der Waals surface area contributed by atoms with Gasteiger partial charge in [-0.3, -0.25) is 4.79 Å². The van der Waals surface area contributed by atoms with Gasteiger partial charge in [-0.05, 0) is 30.1 Å². The molecule has 0 atom stereocenters. The van der Waals surface area contributed by atoms with E-state index in [4.69, 9.17) is 1.37 Å². The van der Waals surface area contributed by atoms with Crippen molar-refractivity contribution in [1.82, 2.24) is 9.80 Å². The Hall–Kier alpha value is -1.35. The molecule has 1 aliphatic heterocycles. The predicted molar refractivity (Wildman–Crippen MR) is 78.5 cm³/mol. The molecule has 2 rings (SSSR count). The Kier molecular flexibility index (Phi) is 3.56. The zero-order valence-corrected chi connectivity index (χ0v) is 12.1. The lowest BCUT2D eigenvalue weighted by molar-refractivity contribution is 0.0664. The van der Waals surface area contributed by atoms with Crippen LogP contribution in [-0.2, 0) is 5.41 Å². The number of hydrogen-bond acceptors (Lipinski definition) is 2. The summed E-state index contributed by atoms with van der Waals surface area (Å²) in [6.45, 7) is 9.56. The standard InChI is InChI=1S/C16H24N2O/c1-16(2,3)14-7-5-13(6-8-14)15(19)18-11-9-17(4)10-12-18/h5-8H,9-12H2,1-4H3/i4T. The van der Waals surface area contributed by atoms with E-state index in [-0.39, 0.29) is 11.3 Å². The molecule has 19 heavy (non-hydrogen) atoms. The highest BCUT2D eigenvalue weighted by Crippen LogP contribution is 2.22. The topological polar surface area (TPSA) is 23.6 Å². The second-order valence-electron chi connectivity index (χ2n) is 6.24. The highest BCUT2D eigenvalue weighted by molar-refractivity contribution is 5.94. The van der Waals surface area contributed by atoms with Gasteiger partial charge < -0.3 is 9.80 Å². The molecule has 0 N–H and O–H groups in total. The molecule has 0 saturated carbocycles. The van der Waals surface area contributed by atoms with Crippen LogP contribution >= 0.6 is 0 Å². The van der Waals surface area contributed by atoms with Crippen LogP contribution < -0.4 is 0 Å². The van der Waals surface area contributed by atoms with E-state index >= 15 is 0 Å². The maximum Gasteiger partial charge on any atom is 0.253 e. The zero-order chi connectivity index (χ0) is 14.8. The Balaban J connectivity index is 2.03. The Labute approximate surface area is 117 Å². The first kappa shape index (κ1) is 12.7. The summed E-state index contributed by atoms with van der Waals surface area (Å²) in [5, 5.41) is 0. The molecule has 1 amide bonds. The summed E-state index contributed by atoms with van der Waals surface area (Å²) >= 11 is 0. The second-order valence-corrected chi connectivity index (χ2v) is 6.24. The number of piperazine rings is 1. The molecule has 0 aromatic heterocycles. The quantitative estimate of drug-likeness (QED) is 0.776. The minimum absolute atomic E-state index is 0.107. The SMILES string of the molecule is [3H]CN1CCN(C(=O)c2ccc(C(C)(C)C)cc2)CC1. The van der Waals surface area contributed by atoms with Gasteiger partial charge in [-0.1, -0.05) is 32.9 Å². The van der Waals surface area contributed by atoms with Gasteiger partial charge in [0.05, 0.1) is 0 Å². The van der Waals surface area contributed by atoms with E-state index in [9.17, 15) is 4.79 Å². The molecular weight excluding hydrogens is 236 g/mol. The highest BCUT2D eigenvalue weighted by Gasteiger charge is 2.21. The predicted octanol–water partition coefficient (Wildman–Crippen LogP) is 2.37. The highest BCUT2D eigenvalue weighted by atomic mass is 16.2. The fraction of sp³-hybridized carbons (Fsp3) is 0.562. The van der Waals surface area contributed by atoms with Gasteiger partial charge in [-0.15, -0.1) is 0 Å². The number of amides is 1. The van der Waals surface area contributed by atoms with Crippen LogP contribution in [0.25, 0.3) is 0 Å². The summed E-state index contributed by atoms with van der Waals surface area (Å²) in [7, 11) is 0.322. The summed E-state index contributed by atoms with van der Waals surface area (Å²) in [6.07, 6.45) is 0. The fourth-order valence-electron chi connectivity index (χ4n) is 2.25. The third-order valence-electron chi connectivity index (χ3n) is 3.66. The molecule has 1 aliphatic rings. The van der Waals surface area contributed by atoms with Crippen molar-refractivity contribution < 1.29 is 6.17 Å². The molecule has 3 nitrogen and oxygen atoms in total. The Morgan fingerprint density at radius 1 is 1.11 bits per heavy atom. The monoisotopic (exact) mass is 262 g/mol. The summed E-state index contributed by atoms with van der Waals surface area (Å²) in [5.74, 6) is 0.107. The number of hydrogen-bond donors (Lipinski definition) is 0. The molecule has 0 radical (unpaired) electrons. The van der Waals surface area contributed by atoms with Crippen LogP contribution in [0.4, 0.5) is 0 Å². The van der Waals surface area contributed by atoms with Crippen molar-refractivity contribution in [3.8, 4) is 0 Å². The van der Waals surface area contributed by atoms with Crippen molar-refractivity contribution in [2.75, 3.05) is 33.2 Å². The molecule has 1 aromatic rings. The second kappa shape index (κ2) is 5.33. The lowest BCUT2D eigenvalue weighted by Gasteiger charge is -2.32. The first-order chi connectivity index (χ1) is 9.41. The maximum atomic E-state index is 12.4. The van der Waals surface area contributed by atoms with Gasteiger partial charge in [0.25, 0.3) is 5.91 Å². The fourth-order valence-corrected chi connectivity index (χ4v) is 2.25. The molecule has 1 heterocycles. The van der Waals surface area contributed by atoms with E-state index in [0.717, 1.165) is 31.7 Å². The lowest BCUT2D eigenvalue weighted by Crippen LogP contribution is -2.47. The van der Waals surface area contributed by atoms with Crippen molar-refractivity contribution in [2.24, 2.45) is 0 Å². The number of carbonyl (C=O) groups is 1. The Bertz CT molecular complexity index is 456. The third-order valence-corrected chi connectivity index (χ3v) is 3.66. The molecular formula is C16H24N2O. The van der Waals surface area contributed by atoms with Crippen LogP contribution in [0.5, 0.6) is 0 Å². The molecule has 0 spiro atoms. The summed E-state index contributed by atoms with van der Waals surface area (Å²) < 4.78 is 7.34. The van der Waals surface area contributed by atoms with E-state index in [1.807, 2.05) is 34.1 Å². The number of nitrogens with zero attached hydrogens (tertiary/aromatic N) is 2. The van der Waals surface area contributed by atoms with E-state index < -0.39 is 0 Å². The summed E-state index contributed by atoms with van der Waals surface area (Å²) in [5.41, 5.74) is 2.12. The number of benzene rings is 1. The van der Waals surface area contributed by atoms with Crippen LogP contribution in [0.3, 0.4) is 0 Å². The third kappa shape index (κ3) is 3.35. The number of likely N-dealkylation sites (N-methyl/N-ethyl adjacent to an activating group) is 1. The molecule has 3 heteroatoms. The average Bonchev–Trinajstić information content (AvgIpc) is 2.46. The maximum absolute atomic E-state index is 12.4. The zero-order valence-electron chi connectivity index (χ0n) is 13.1. The Morgan fingerprint density at radius 2 is 1.68 bits per heavy atom. The van der Waals surface area contributed by atoms with Gasteiger partial charge in [0.2, 0.25) is 0 Å². The van der Waals surface area contributed by atoms with Crippen molar-refractivity contribution in [3.63, 3.8) is 0 Å². The molecule has 1 aromatic carbocycles. The van der Waals surface area contributed by atoms with E-state index in [2.05, 4.69) is 20.8 Å².